The van der Waals surface area contributed by atoms with Crippen LogP contribution >= 0.6 is 11.6 Å². The fraction of sp³-hybridized carbons (Fsp3) is 0.400. The van der Waals surface area contributed by atoms with E-state index in [1.54, 1.807) is 0 Å². The van der Waals surface area contributed by atoms with Gasteiger partial charge < -0.3 is 9.84 Å². The predicted molar refractivity (Wildman–Crippen MR) is 126 cm³/mol. The van der Waals surface area contributed by atoms with Crippen molar-refractivity contribution < 1.29 is 9.84 Å². The summed E-state index contributed by atoms with van der Waals surface area (Å²) >= 11 is 6.05. The number of halogens is 1. The molecule has 0 aliphatic rings. The van der Waals surface area contributed by atoms with E-state index in [0.717, 1.165) is 29.9 Å². The zero-order valence-electron chi connectivity index (χ0n) is 18.8. The second-order valence-electron chi connectivity index (χ2n) is 8.32. The van der Waals surface area contributed by atoms with Crippen molar-refractivity contribution in [3.8, 4) is 17.3 Å². The molecule has 166 valence electrons. The molecule has 0 saturated carbocycles. The number of aromatic nitrogens is 2. The Labute approximate surface area is 190 Å². The summed E-state index contributed by atoms with van der Waals surface area (Å²) in [6, 6.07) is 17.3. The molecule has 1 atom stereocenters. The number of ether oxygens (including phenoxy) is 1. The molecule has 31 heavy (non-hydrogen) atoms. The number of hydrogen-bond donors (Lipinski definition) is 1. The summed E-state index contributed by atoms with van der Waals surface area (Å²) in [4.78, 5) is 2.28. The van der Waals surface area contributed by atoms with Gasteiger partial charge >= 0.3 is 0 Å². The van der Waals surface area contributed by atoms with Crippen molar-refractivity contribution >= 4 is 11.6 Å². The second-order valence-corrected chi connectivity index (χ2v) is 8.76. The molecule has 0 amide bonds. The van der Waals surface area contributed by atoms with Crippen LogP contribution in [-0.4, -0.2) is 39.0 Å². The zero-order chi connectivity index (χ0) is 22.4. The van der Waals surface area contributed by atoms with Gasteiger partial charge in [0.2, 0.25) is 5.88 Å². The van der Waals surface area contributed by atoms with Crippen molar-refractivity contribution in [2.75, 3.05) is 13.1 Å². The Bertz CT molecular complexity index is 955. The average molecular weight is 442 g/mol. The molecule has 0 fully saturated rings. The summed E-state index contributed by atoms with van der Waals surface area (Å²) in [6.07, 6.45) is 0.370. The maximum atomic E-state index is 10.3. The fourth-order valence-electron chi connectivity index (χ4n) is 3.55. The highest BCUT2D eigenvalue weighted by molar-refractivity contribution is 6.30. The number of aliphatic hydroxyl groups excluding tert-OH is 1. The number of para-hydroxylation sites is 1. The molecule has 0 radical (unpaired) electrons. The minimum Gasteiger partial charge on any atom is -0.439 e. The van der Waals surface area contributed by atoms with Crippen LogP contribution in [0.3, 0.4) is 0 Å². The largest absolute Gasteiger partial charge is 0.439 e. The van der Waals surface area contributed by atoms with Crippen LogP contribution in [-0.2, 0) is 6.54 Å². The van der Waals surface area contributed by atoms with E-state index < -0.39 is 0 Å². The van der Waals surface area contributed by atoms with E-state index in [0.29, 0.717) is 35.7 Å². The lowest BCUT2D eigenvalue weighted by atomic mass is 10.1. The smallest absolute Gasteiger partial charge is 0.227 e. The molecule has 0 aliphatic carbocycles. The lowest BCUT2D eigenvalue weighted by Crippen LogP contribution is -2.34. The van der Waals surface area contributed by atoms with Crippen LogP contribution in [0.25, 0.3) is 5.69 Å². The normalized spacial score (nSPS) is 12.5. The van der Waals surface area contributed by atoms with Gasteiger partial charge in [0.25, 0.3) is 0 Å². The molecule has 3 rings (SSSR count). The molecular weight excluding hydrogens is 410 g/mol. The number of aliphatic hydroxyl groups is 1. The van der Waals surface area contributed by atoms with E-state index in [2.05, 4.69) is 18.7 Å². The van der Waals surface area contributed by atoms with Crippen LogP contribution in [0.15, 0.2) is 54.6 Å². The SMILES string of the molecule is CC[C@@H](O)CN(Cc1c(C)nn(-c2ccccc2)c1Oc1ccc(Cl)cc1)CC(C)C. The van der Waals surface area contributed by atoms with Gasteiger partial charge in [-0.1, -0.05) is 50.6 Å². The maximum absolute atomic E-state index is 10.3. The Kier molecular flexibility index (Phi) is 8.13. The lowest BCUT2D eigenvalue weighted by Gasteiger charge is -2.26. The summed E-state index contributed by atoms with van der Waals surface area (Å²) in [7, 11) is 0. The monoisotopic (exact) mass is 441 g/mol. The molecule has 6 heteroatoms. The number of benzene rings is 2. The Morgan fingerprint density at radius 1 is 1.06 bits per heavy atom. The van der Waals surface area contributed by atoms with Crippen molar-refractivity contribution in [2.45, 2.75) is 46.8 Å². The molecule has 0 saturated heterocycles. The summed E-state index contributed by atoms with van der Waals surface area (Å²) in [5.41, 5.74) is 2.86. The molecule has 2 aromatic carbocycles. The van der Waals surface area contributed by atoms with Crippen molar-refractivity contribution in [1.82, 2.24) is 14.7 Å². The molecule has 0 aliphatic heterocycles. The minimum absolute atomic E-state index is 0.358. The Morgan fingerprint density at radius 3 is 2.35 bits per heavy atom. The summed E-state index contributed by atoms with van der Waals surface area (Å²) < 4.78 is 8.21. The minimum atomic E-state index is -0.358. The first-order chi connectivity index (χ1) is 14.9. The molecule has 1 heterocycles. The first-order valence-electron chi connectivity index (χ1n) is 10.8. The molecule has 1 N–H and O–H groups in total. The van der Waals surface area contributed by atoms with Gasteiger partial charge in [-0.05, 0) is 55.7 Å². The van der Waals surface area contributed by atoms with Gasteiger partial charge in [-0.25, -0.2) is 4.68 Å². The van der Waals surface area contributed by atoms with Gasteiger partial charge in [-0.3, -0.25) is 4.90 Å². The first kappa shape index (κ1) is 23.3. The van der Waals surface area contributed by atoms with Gasteiger partial charge in [-0.15, -0.1) is 0 Å². The Hall–Kier alpha value is -2.34. The molecule has 0 bridgehead atoms. The van der Waals surface area contributed by atoms with E-state index in [1.165, 1.54) is 0 Å². The molecule has 1 aromatic heterocycles. The Morgan fingerprint density at radius 2 is 1.74 bits per heavy atom. The van der Waals surface area contributed by atoms with Crippen LogP contribution in [0, 0.1) is 12.8 Å². The fourth-order valence-corrected chi connectivity index (χ4v) is 3.68. The van der Waals surface area contributed by atoms with E-state index in [4.69, 9.17) is 21.4 Å². The molecular formula is C25H32ClN3O2. The van der Waals surface area contributed by atoms with Gasteiger partial charge in [0.15, 0.2) is 0 Å². The predicted octanol–water partition coefficient (Wildman–Crippen LogP) is 5.86. The van der Waals surface area contributed by atoms with Crippen LogP contribution < -0.4 is 4.74 Å². The van der Waals surface area contributed by atoms with Gasteiger partial charge in [0, 0.05) is 24.7 Å². The molecule has 5 nitrogen and oxygen atoms in total. The average Bonchev–Trinajstić information content (AvgIpc) is 3.05. The highest BCUT2D eigenvalue weighted by atomic mass is 35.5. The van der Waals surface area contributed by atoms with Crippen molar-refractivity contribution in [2.24, 2.45) is 5.92 Å². The highest BCUT2D eigenvalue weighted by Gasteiger charge is 2.22. The zero-order valence-corrected chi connectivity index (χ0v) is 19.5. The summed E-state index contributed by atoms with van der Waals surface area (Å²) in [5.74, 6) is 1.87. The molecule has 0 spiro atoms. The van der Waals surface area contributed by atoms with Crippen LogP contribution in [0.4, 0.5) is 0 Å². The molecule has 0 unspecified atom stereocenters. The number of hydrogen-bond acceptors (Lipinski definition) is 4. The highest BCUT2D eigenvalue weighted by Crippen LogP contribution is 2.32. The number of rotatable bonds is 10. The topological polar surface area (TPSA) is 50.5 Å². The van der Waals surface area contributed by atoms with Crippen molar-refractivity contribution in [1.29, 1.82) is 0 Å². The van der Waals surface area contributed by atoms with Crippen molar-refractivity contribution in [3.63, 3.8) is 0 Å². The quantitative estimate of drug-likeness (QED) is 0.428. The third-order valence-corrected chi connectivity index (χ3v) is 5.36. The number of nitrogens with zero attached hydrogens (tertiary/aromatic N) is 3. The van der Waals surface area contributed by atoms with E-state index in [-0.39, 0.29) is 6.10 Å². The third-order valence-electron chi connectivity index (χ3n) is 5.11. The third kappa shape index (κ3) is 6.33. The van der Waals surface area contributed by atoms with Crippen LogP contribution in [0.5, 0.6) is 11.6 Å². The summed E-state index contributed by atoms with van der Waals surface area (Å²) in [6.45, 7) is 10.5. The van der Waals surface area contributed by atoms with Gasteiger partial charge in [0.05, 0.1) is 23.0 Å². The lowest BCUT2D eigenvalue weighted by molar-refractivity contribution is 0.0980. The van der Waals surface area contributed by atoms with Gasteiger partial charge in [0.1, 0.15) is 5.75 Å². The first-order valence-corrected chi connectivity index (χ1v) is 11.2. The van der Waals surface area contributed by atoms with Gasteiger partial charge in [-0.2, -0.15) is 5.10 Å². The molecule has 3 aromatic rings. The van der Waals surface area contributed by atoms with E-state index in [1.807, 2.05) is 73.1 Å². The summed E-state index contributed by atoms with van der Waals surface area (Å²) in [5, 5.41) is 15.8. The van der Waals surface area contributed by atoms with E-state index in [9.17, 15) is 5.11 Å². The number of aryl methyl sites for hydroxylation is 1. The van der Waals surface area contributed by atoms with Crippen LogP contribution in [0.2, 0.25) is 5.02 Å². The Balaban J connectivity index is 2.01. The second kappa shape index (κ2) is 10.8. The maximum Gasteiger partial charge on any atom is 0.227 e. The van der Waals surface area contributed by atoms with Crippen LogP contribution in [0.1, 0.15) is 38.4 Å². The van der Waals surface area contributed by atoms with Crippen molar-refractivity contribution in [3.05, 3.63) is 70.9 Å². The standard InChI is InChI=1S/C25H32ClN3O2/c1-5-22(30)16-28(15-18(2)3)17-24-19(4)27-29(21-9-7-6-8-10-21)25(24)31-23-13-11-20(26)12-14-23/h6-14,18,22,30H,5,15-17H2,1-4H3/t22-/m1/s1. The van der Waals surface area contributed by atoms with E-state index >= 15 is 0 Å².